The lowest BCUT2D eigenvalue weighted by atomic mass is 10.4. The number of hydrogen-bond donors (Lipinski definition) is 2. The van der Waals surface area contributed by atoms with Crippen LogP contribution < -0.4 is 10.5 Å². The molecule has 1 atom stereocenters. The van der Waals surface area contributed by atoms with Gasteiger partial charge >= 0.3 is 0 Å². The largest absolute Gasteiger partial charge is 0.368 e. The van der Waals surface area contributed by atoms with E-state index in [1.54, 1.807) is 0 Å². The molecule has 0 heterocycles. The van der Waals surface area contributed by atoms with Gasteiger partial charge in [0.05, 0.1) is 11.8 Å². The minimum atomic E-state index is -3.34. The van der Waals surface area contributed by atoms with Crippen molar-refractivity contribution in [3.8, 4) is 0 Å². The lowest BCUT2D eigenvalue weighted by Gasteiger charge is -2.09. The summed E-state index contributed by atoms with van der Waals surface area (Å²) in [6.45, 7) is 3.32. The second kappa shape index (κ2) is 5.18. The van der Waals surface area contributed by atoms with Crippen LogP contribution in [0.5, 0.6) is 0 Å². The first-order valence-corrected chi connectivity index (χ1v) is 5.83. The van der Waals surface area contributed by atoms with Gasteiger partial charge in [-0.25, -0.2) is 13.1 Å². The van der Waals surface area contributed by atoms with E-state index < -0.39 is 22.0 Å². The minimum absolute atomic E-state index is 0.0428. The molecule has 0 aromatic heterocycles. The number of rotatable bonds is 6. The Hall–Kier alpha value is -0.620. The first-order chi connectivity index (χ1) is 5.89. The van der Waals surface area contributed by atoms with Gasteiger partial charge in [-0.2, -0.15) is 0 Å². The van der Waals surface area contributed by atoms with Crippen LogP contribution in [0.2, 0.25) is 0 Å². The van der Waals surface area contributed by atoms with Crippen molar-refractivity contribution in [1.82, 2.24) is 4.72 Å². The summed E-state index contributed by atoms with van der Waals surface area (Å²) in [5.41, 5.74) is 4.91. The molecule has 0 aliphatic carbocycles. The van der Waals surface area contributed by atoms with Gasteiger partial charge in [0.2, 0.25) is 15.9 Å². The van der Waals surface area contributed by atoms with Crippen LogP contribution in [-0.2, 0) is 14.8 Å². The topological polar surface area (TPSA) is 89.3 Å². The number of sulfonamides is 1. The first-order valence-electron chi connectivity index (χ1n) is 4.18. The van der Waals surface area contributed by atoms with Crippen LogP contribution in [0.3, 0.4) is 0 Å². The summed E-state index contributed by atoms with van der Waals surface area (Å²) in [5, 5.41) is 0. The van der Waals surface area contributed by atoms with Crippen molar-refractivity contribution < 1.29 is 13.2 Å². The fourth-order valence-corrected chi connectivity index (χ4v) is 2.16. The molecule has 0 saturated carbocycles. The quantitative estimate of drug-likeness (QED) is 0.621. The van der Waals surface area contributed by atoms with Crippen LogP contribution in [0.15, 0.2) is 0 Å². The molecule has 78 valence electrons. The zero-order valence-corrected chi connectivity index (χ0v) is 8.73. The highest BCUT2D eigenvalue weighted by molar-refractivity contribution is 7.89. The number of nitrogens with one attached hydrogen (secondary N) is 1. The molecule has 0 saturated heterocycles. The molecule has 1 unspecified atom stereocenters. The number of unbranched alkanes of at least 4 members (excludes halogenated alkanes) is 1. The number of primary amides is 1. The monoisotopic (exact) mass is 208 g/mol. The van der Waals surface area contributed by atoms with Gasteiger partial charge in [0.15, 0.2) is 0 Å². The minimum Gasteiger partial charge on any atom is -0.368 e. The summed E-state index contributed by atoms with van der Waals surface area (Å²) < 4.78 is 24.6. The fourth-order valence-electron chi connectivity index (χ4n) is 0.721. The maximum Gasteiger partial charge on any atom is 0.235 e. The molecule has 0 fully saturated rings. The predicted octanol–water partition coefficient (Wildman–Crippen LogP) is -0.420. The van der Waals surface area contributed by atoms with E-state index in [1.165, 1.54) is 6.92 Å². The molecule has 0 spiro atoms. The Morgan fingerprint density at radius 1 is 1.54 bits per heavy atom. The highest BCUT2D eigenvalue weighted by Crippen LogP contribution is 1.95. The van der Waals surface area contributed by atoms with Gasteiger partial charge in [0, 0.05) is 0 Å². The third-order valence-corrected chi connectivity index (χ3v) is 3.09. The molecule has 0 aliphatic heterocycles. The second-order valence-electron chi connectivity index (χ2n) is 2.91. The third-order valence-electron chi connectivity index (χ3n) is 1.55. The van der Waals surface area contributed by atoms with Crippen molar-refractivity contribution in [3.05, 3.63) is 0 Å². The summed E-state index contributed by atoms with van der Waals surface area (Å²) in [6, 6.07) is -0.832. The van der Waals surface area contributed by atoms with E-state index in [9.17, 15) is 13.2 Å². The van der Waals surface area contributed by atoms with Crippen molar-refractivity contribution in [2.45, 2.75) is 32.7 Å². The number of hydrogen-bond acceptors (Lipinski definition) is 3. The highest BCUT2D eigenvalue weighted by atomic mass is 32.2. The standard InChI is InChI=1S/C7H16N2O3S/c1-3-4-5-13(11,12)9-6(2)7(8)10/h6,9H,3-5H2,1-2H3,(H2,8,10). The number of nitrogens with two attached hydrogens (primary N) is 1. The van der Waals surface area contributed by atoms with Gasteiger partial charge in [-0.05, 0) is 13.3 Å². The van der Waals surface area contributed by atoms with E-state index in [-0.39, 0.29) is 5.75 Å². The number of carbonyl (C=O) groups is 1. The summed E-state index contributed by atoms with van der Waals surface area (Å²) in [7, 11) is -3.34. The molecule has 0 aliphatic rings. The highest BCUT2D eigenvalue weighted by Gasteiger charge is 2.16. The van der Waals surface area contributed by atoms with Crippen LogP contribution in [-0.4, -0.2) is 26.1 Å². The van der Waals surface area contributed by atoms with Gasteiger partial charge in [-0.3, -0.25) is 4.79 Å². The van der Waals surface area contributed by atoms with Crippen LogP contribution in [0, 0.1) is 0 Å². The molecular formula is C7H16N2O3S. The molecular weight excluding hydrogens is 192 g/mol. The Balaban J connectivity index is 4.10. The summed E-state index contributed by atoms with van der Waals surface area (Å²) in [5.74, 6) is -0.624. The van der Waals surface area contributed by atoms with E-state index in [1.807, 2.05) is 6.92 Å². The zero-order valence-electron chi connectivity index (χ0n) is 7.91. The molecule has 6 heteroatoms. The van der Waals surface area contributed by atoms with E-state index in [4.69, 9.17) is 5.73 Å². The smallest absolute Gasteiger partial charge is 0.235 e. The average Bonchev–Trinajstić information content (AvgIpc) is 2.00. The van der Waals surface area contributed by atoms with Gasteiger partial charge < -0.3 is 5.73 Å². The Morgan fingerprint density at radius 3 is 2.46 bits per heavy atom. The fraction of sp³-hybridized carbons (Fsp3) is 0.857. The van der Waals surface area contributed by atoms with E-state index >= 15 is 0 Å². The van der Waals surface area contributed by atoms with E-state index in [0.717, 1.165) is 6.42 Å². The molecule has 13 heavy (non-hydrogen) atoms. The molecule has 0 rings (SSSR count). The van der Waals surface area contributed by atoms with Crippen LogP contribution >= 0.6 is 0 Å². The molecule has 0 radical (unpaired) electrons. The lowest BCUT2D eigenvalue weighted by molar-refractivity contribution is -0.119. The van der Waals surface area contributed by atoms with Crippen molar-refractivity contribution >= 4 is 15.9 Å². The number of amides is 1. The molecule has 0 bridgehead atoms. The Morgan fingerprint density at radius 2 is 2.08 bits per heavy atom. The van der Waals surface area contributed by atoms with Crippen molar-refractivity contribution in [1.29, 1.82) is 0 Å². The average molecular weight is 208 g/mol. The van der Waals surface area contributed by atoms with Crippen LogP contribution in [0.1, 0.15) is 26.7 Å². The Kier molecular flexibility index (Phi) is 4.94. The summed E-state index contributed by atoms with van der Waals surface area (Å²) >= 11 is 0. The molecule has 1 amide bonds. The zero-order chi connectivity index (χ0) is 10.5. The lowest BCUT2D eigenvalue weighted by Crippen LogP contribution is -2.43. The Bertz CT molecular complexity index is 261. The van der Waals surface area contributed by atoms with E-state index in [2.05, 4.69) is 4.72 Å². The second-order valence-corrected chi connectivity index (χ2v) is 4.79. The van der Waals surface area contributed by atoms with Crippen LogP contribution in [0.25, 0.3) is 0 Å². The summed E-state index contributed by atoms with van der Waals surface area (Å²) in [6.07, 6.45) is 1.38. The molecule has 0 aromatic carbocycles. The van der Waals surface area contributed by atoms with E-state index in [0.29, 0.717) is 6.42 Å². The van der Waals surface area contributed by atoms with Crippen molar-refractivity contribution in [3.63, 3.8) is 0 Å². The normalized spacial score (nSPS) is 14.0. The third kappa shape index (κ3) is 5.59. The van der Waals surface area contributed by atoms with Crippen molar-refractivity contribution in [2.75, 3.05) is 5.75 Å². The maximum absolute atomic E-state index is 11.2. The maximum atomic E-state index is 11.2. The SMILES string of the molecule is CCCCS(=O)(=O)NC(C)C(N)=O. The van der Waals surface area contributed by atoms with Crippen LogP contribution in [0.4, 0.5) is 0 Å². The van der Waals surface area contributed by atoms with Gasteiger partial charge in [-0.15, -0.1) is 0 Å². The van der Waals surface area contributed by atoms with Gasteiger partial charge in [0.1, 0.15) is 0 Å². The first kappa shape index (κ1) is 12.4. The van der Waals surface area contributed by atoms with Gasteiger partial charge in [0.25, 0.3) is 0 Å². The molecule has 0 aromatic rings. The Labute approximate surface area is 78.7 Å². The molecule has 3 N–H and O–H groups in total. The van der Waals surface area contributed by atoms with Gasteiger partial charge in [-0.1, -0.05) is 13.3 Å². The van der Waals surface area contributed by atoms with Crippen molar-refractivity contribution in [2.24, 2.45) is 5.73 Å². The summed E-state index contributed by atoms with van der Waals surface area (Å²) in [4.78, 5) is 10.5. The molecule has 5 nitrogen and oxygen atoms in total. The predicted molar refractivity (Wildman–Crippen MR) is 50.5 cm³/mol. The number of carbonyl (C=O) groups excluding carboxylic acids is 1.